The zero-order valence-corrected chi connectivity index (χ0v) is 14.4. The van der Waals surface area contributed by atoms with E-state index in [1.807, 2.05) is 5.38 Å². The SMILES string of the molecule is O=P(O)(O)C(F)(F)c1ccc(CSc2nccs2)cc1Br. The van der Waals surface area contributed by atoms with Crippen molar-refractivity contribution in [3.63, 3.8) is 0 Å². The maximum absolute atomic E-state index is 13.7. The molecule has 10 heteroatoms. The van der Waals surface area contributed by atoms with Crippen LogP contribution in [0.15, 0.2) is 38.6 Å². The Labute approximate surface area is 135 Å². The second kappa shape index (κ2) is 6.44. The summed E-state index contributed by atoms with van der Waals surface area (Å²) in [6.07, 6.45) is 1.67. The van der Waals surface area contributed by atoms with Crippen molar-refractivity contribution in [2.24, 2.45) is 0 Å². The molecule has 0 spiro atoms. The summed E-state index contributed by atoms with van der Waals surface area (Å²) in [6.45, 7) is 0. The normalized spacial score (nSPS) is 12.6. The molecule has 0 aliphatic rings. The highest BCUT2D eigenvalue weighted by molar-refractivity contribution is 9.10. The van der Waals surface area contributed by atoms with Gasteiger partial charge in [-0.1, -0.05) is 39.8 Å². The van der Waals surface area contributed by atoms with Gasteiger partial charge in [0.1, 0.15) is 4.34 Å². The third-order valence-electron chi connectivity index (χ3n) is 2.50. The molecule has 1 aromatic carbocycles. The molecule has 114 valence electrons. The van der Waals surface area contributed by atoms with Gasteiger partial charge >= 0.3 is 13.3 Å². The highest BCUT2D eigenvalue weighted by atomic mass is 79.9. The average Bonchev–Trinajstić information content (AvgIpc) is 2.87. The summed E-state index contributed by atoms with van der Waals surface area (Å²) in [5.41, 5.74) is -4.20. The van der Waals surface area contributed by atoms with Crippen molar-refractivity contribution >= 4 is 46.6 Å². The molecule has 0 radical (unpaired) electrons. The first-order valence-electron chi connectivity index (χ1n) is 5.46. The second-order valence-electron chi connectivity index (χ2n) is 3.99. The zero-order valence-electron chi connectivity index (χ0n) is 10.2. The van der Waals surface area contributed by atoms with Gasteiger partial charge in [0.05, 0.1) is 0 Å². The first-order chi connectivity index (χ1) is 9.72. The van der Waals surface area contributed by atoms with Crippen LogP contribution in [0.25, 0.3) is 0 Å². The molecule has 0 saturated heterocycles. The predicted octanol–water partition coefficient (Wildman–Crippen LogP) is 4.42. The summed E-state index contributed by atoms with van der Waals surface area (Å²) < 4.78 is 39.0. The minimum Gasteiger partial charge on any atom is -0.320 e. The Morgan fingerprint density at radius 1 is 1.43 bits per heavy atom. The van der Waals surface area contributed by atoms with Gasteiger partial charge in [-0.05, 0) is 11.6 Å². The van der Waals surface area contributed by atoms with Crippen LogP contribution < -0.4 is 0 Å². The van der Waals surface area contributed by atoms with E-state index in [1.54, 1.807) is 6.20 Å². The Morgan fingerprint density at radius 2 is 2.14 bits per heavy atom. The molecule has 2 rings (SSSR count). The monoisotopic (exact) mass is 415 g/mol. The summed E-state index contributed by atoms with van der Waals surface area (Å²) in [5.74, 6) is 0.522. The molecule has 0 atom stereocenters. The molecule has 1 heterocycles. The predicted molar refractivity (Wildman–Crippen MR) is 81.8 cm³/mol. The van der Waals surface area contributed by atoms with Crippen molar-refractivity contribution in [3.05, 3.63) is 45.4 Å². The van der Waals surface area contributed by atoms with Gasteiger partial charge < -0.3 is 9.79 Å². The number of thioether (sulfide) groups is 1. The molecule has 0 amide bonds. The molecule has 0 unspecified atom stereocenters. The van der Waals surface area contributed by atoms with Crippen LogP contribution >= 0.6 is 46.6 Å². The molecule has 0 saturated carbocycles. The summed E-state index contributed by atoms with van der Waals surface area (Å²) >= 11 is 5.88. The van der Waals surface area contributed by atoms with Crippen LogP contribution in [-0.4, -0.2) is 14.8 Å². The average molecular weight is 416 g/mol. The largest absolute Gasteiger partial charge is 0.399 e. The summed E-state index contributed by atoms with van der Waals surface area (Å²) in [6, 6.07) is 3.88. The molecule has 1 aromatic heterocycles. The molecule has 0 fully saturated rings. The van der Waals surface area contributed by atoms with Gasteiger partial charge in [-0.15, -0.1) is 11.3 Å². The van der Waals surface area contributed by atoms with E-state index >= 15 is 0 Å². The number of hydrogen-bond donors (Lipinski definition) is 2. The van der Waals surface area contributed by atoms with Crippen LogP contribution in [0.5, 0.6) is 0 Å². The number of nitrogens with zero attached hydrogens (tertiary/aromatic N) is 1. The molecule has 4 nitrogen and oxygen atoms in total. The molecular weight excluding hydrogens is 407 g/mol. The minimum atomic E-state index is -5.56. The number of halogens is 3. The standard InChI is InChI=1S/C11H9BrF2NO3PS2/c12-9-5-7(6-21-10-15-3-4-20-10)1-2-8(9)11(13,14)19(16,17)18/h1-5H,6H2,(H2,16,17,18). The molecular formula is C11H9BrF2NO3PS2. The minimum absolute atomic E-state index is 0.0342. The van der Waals surface area contributed by atoms with Crippen LogP contribution in [-0.2, 0) is 16.0 Å². The van der Waals surface area contributed by atoms with Crippen LogP contribution in [0.3, 0.4) is 0 Å². The van der Waals surface area contributed by atoms with Crippen molar-refractivity contribution in [2.75, 3.05) is 0 Å². The van der Waals surface area contributed by atoms with Gasteiger partial charge in [0, 0.05) is 27.4 Å². The number of hydrogen-bond acceptors (Lipinski definition) is 4. The first-order valence-corrected chi connectivity index (χ1v) is 9.73. The Kier molecular flexibility index (Phi) is 5.23. The van der Waals surface area contributed by atoms with Crippen LogP contribution in [0.2, 0.25) is 0 Å². The summed E-state index contributed by atoms with van der Waals surface area (Å²) in [7, 11) is -5.56. The number of thiazole rings is 1. The van der Waals surface area contributed by atoms with E-state index < -0.39 is 18.8 Å². The summed E-state index contributed by atoms with van der Waals surface area (Å²) in [5, 5.41) is 1.84. The van der Waals surface area contributed by atoms with E-state index in [0.717, 1.165) is 16.0 Å². The fourth-order valence-corrected chi connectivity index (χ4v) is 4.39. The second-order valence-corrected chi connectivity index (χ2v) is 8.61. The van der Waals surface area contributed by atoms with Gasteiger partial charge in [-0.25, -0.2) is 4.98 Å². The third-order valence-corrected chi connectivity index (χ3v) is 6.16. The Balaban J connectivity index is 2.20. The summed E-state index contributed by atoms with van der Waals surface area (Å²) in [4.78, 5) is 21.6. The number of alkyl halides is 2. The maximum Gasteiger partial charge on any atom is 0.399 e. The molecule has 0 aliphatic heterocycles. The van der Waals surface area contributed by atoms with Gasteiger partial charge in [-0.2, -0.15) is 8.78 Å². The number of rotatable bonds is 5. The van der Waals surface area contributed by atoms with E-state index in [9.17, 15) is 13.3 Å². The quantitative estimate of drug-likeness (QED) is 0.558. The lowest BCUT2D eigenvalue weighted by molar-refractivity contribution is 0.0557. The maximum atomic E-state index is 13.7. The Morgan fingerprint density at radius 3 is 2.67 bits per heavy atom. The lowest BCUT2D eigenvalue weighted by Gasteiger charge is -2.19. The van der Waals surface area contributed by atoms with Crippen LogP contribution in [0, 0.1) is 0 Å². The molecule has 0 bridgehead atoms. The van der Waals surface area contributed by atoms with Gasteiger partial charge in [0.25, 0.3) is 0 Å². The lowest BCUT2D eigenvalue weighted by atomic mass is 10.1. The molecule has 2 aromatic rings. The highest BCUT2D eigenvalue weighted by Gasteiger charge is 2.51. The van der Waals surface area contributed by atoms with E-state index in [2.05, 4.69) is 20.9 Å². The van der Waals surface area contributed by atoms with E-state index in [-0.39, 0.29) is 4.47 Å². The zero-order chi connectivity index (χ0) is 15.7. The van der Waals surface area contributed by atoms with Crippen LogP contribution in [0.1, 0.15) is 11.1 Å². The first kappa shape index (κ1) is 17.1. The Bertz CT molecular complexity index is 678. The number of benzene rings is 1. The lowest BCUT2D eigenvalue weighted by Crippen LogP contribution is -2.14. The van der Waals surface area contributed by atoms with E-state index in [1.165, 1.54) is 35.2 Å². The smallest absolute Gasteiger partial charge is 0.320 e. The van der Waals surface area contributed by atoms with E-state index in [4.69, 9.17) is 9.79 Å². The van der Waals surface area contributed by atoms with Gasteiger partial charge in [0.15, 0.2) is 0 Å². The van der Waals surface area contributed by atoms with Crippen molar-refractivity contribution in [1.29, 1.82) is 0 Å². The van der Waals surface area contributed by atoms with Crippen molar-refractivity contribution < 1.29 is 23.1 Å². The highest BCUT2D eigenvalue weighted by Crippen LogP contribution is 2.60. The van der Waals surface area contributed by atoms with Crippen molar-refractivity contribution in [2.45, 2.75) is 15.8 Å². The molecule has 21 heavy (non-hydrogen) atoms. The topological polar surface area (TPSA) is 70.4 Å². The van der Waals surface area contributed by atoms with Gasteiger partial charge in [-0.3, -0.25) is 4.57 Å². The Hall–Kier alpha value is -0.310. The van der Waals surface area contributed by atoms with E-state index in [0.29, 0.717) is 5.75 Å². The molecule has 0 aliphatic carbocycles. The fourth-order valence-electron chi connectivity index (χ4n) is 1.48. The van der Waals surface area contributed by atoms with Crippen molar-refractivity contribution in [3.8, 4) is 0 Å². The van der Waals surface area contributed by atoms with Crippen LogP contribution in [0.4, 0.5) is 8.78 Å². The van der Waals surface area contributed by atoms with Gasteiger partial charge in [0.2, 0.25) is 0 Å². The number of aromatic nitrogens is 1. The third kappa shape index (κ3) is 3.91. The van der Waals surface area contributed by atoms with Crippen molar-refractivity contribution in [1.82, 2.24) is 4.98 Å². The molecule has 2 N–H and O–H groups in total. The fraction of sp³-hybridized carbons (Fsp3) is 0.182.